The molecule has 0 spiro atoms. The molecule has 0 aromatic carbocycles. The van der Waals surface area contributed by atoms with Crippen molar-refractivity contribution < 1.29 is 80.2 Å². The molecule has 92 heavy (non-hydrogen) atoms. The molecule has 0 aliphatic rings. The van der Waals surface area contributed by atoms with E-state index in [1.165, 1.54) is 186 Å². The van der Waals surface area contributed by atoms with Gasteiger partial charge >= 0.3 is 39.5 Å². The van der Waals surface area contributed by atoms with Gasteiger partial charge in [-0.2, -0.15) is 0 Å². The van der Waals surface area contributed by atoms with Gasteiger partial charge in [0.15, 0.2) is 12.2 Å². The number of unbranched alkanes of at least 4 members (excludes halogenated alkanes) is 42. The van der Waals surface area contributed by atoms with Gasteiger partial charge in [0.25, 0.3) is 0 Å². The molecule has 0 aliphatic heterocycles. The second-order valence-corrected chi connectivity index (χ2v) is 30.2. The first-order valence-electron chi connectivity index (χ1n) is 38.0. The van der Waals surface area contributed by atoms with E-state index in [-0.39, 0.29) is 25.7 Å². The van der Waals surface area contributed by atoms with Gasteiger partial charge in [-0.3, -0.25) is 37.3 Å². The molecule has 0 aliphatic carbocycles. The van der Waals surface area contributed by atoms with E-state index in [0.29, 0.717) is 25.7 Å². The number of carbonyl (C=O) groups is 4. The van der Waals surface area contributed by atoms with Gasteiger partial charge in [0.2, 0.25) is 0 Å². The van der Waals surface area contributed by atoms with E-state index < -0.39 is 97.5 Å². The van der Waals surface area contributed by atoms with E-state index in [0.717, 1.165) is 108 Å². The summed E-state index contributed by atoms with van der Waals surface area (Å²) >= 11 is 0. The summed E-state index contributed by atoms with van der Waals surface area (Å²) in [4.78, 5) is 72.4. The molecule has 0 saturated carbocycles. The normalized spacial score (nSPS) is 14.1. The average Bonchev–Trinajstić information content (AvgIpc) is 1.70. The second kappa shape index (κ2) is 65.0. The lowest BCUT2D eigenvalue weighted by atomic mass is 10.0. The Morgan fingerprint density at radius 1 is 0.293 bits per heavy atom. The Hall–Kier alpha value is -1.94. The highest BCUT2D eigenvalue weighted by atomic mass is 31.2. The van der Waals surface area contributed by atoms with Crippen LogP contribution >= 0.6 is 15.6 Å². The van der Waals surface area contributed by atoms with Crippen LogP contribution in [0.5, 0.6) is 0 Å². The minimum Gasteiger partial charge on any atom is -0.462 e. The maximum absolute atomic E-state index is 13.1. The zero-order valence-electron chi connectivity index (χ0n) is 59.9. The molecule has 0 bridgehead atoms. The minimum absolute atomic E-state index is 0.106. The second-order valence-electron chi connectivity index (χ2n) is 27.3. The predicted molar refractivity (Wildman–Crippen MR) is 372 cm³/mol. The summed E-state index contributed by atoms with van der Waals surface area (Å²) in [5, 5.41) is 10.6. The number of esters is 4. The minimum atomic E-state index is -4.95. The van der Waals surface area contributed by atoms with Crippen LogP contribution in [0.1, 0.15) is 375 Å². The molecule has 5 atom stereocenters. The number of phosphoric ester groups is 2. The summed E-state index contributed by atoms with van der Waals surface area (Å²) < 4.78 is 68.2. The van der Waals surface area contributed by atoms with Crippen LogP contribution in [0.4, 0.5) is 0 Å². The van der Waals surface area contributed by atoms with Crippen LogP contribution in [0.15, 0.2) is 0 Å². The number of phosphoric acid groups is 2. The van der Waals surface area contributed by atoms with E-state index in [1.807, 2.05) is 0 Å². The number of hydrogen-bond donors (Lipinski definition) is 3. The molecule has 0 heterocycles. The summed E-state index contributed by atoms with van der Waals surface area (Å²) in [5.74, 6) is -0.522. The van der Waals surface area contributed by atoms with Crippen LogP contribution in [0.25, 0.3) is 0 Å². The van der Waals surface area contributed by atoms with Crippen molar-refractivity contribution in [1.82, 2.24) is 0 Å². The lowest BCUT2D eigenvalue weighted by Crippen LogP contribution is -2.30. The van der Waals surface area contributed by atoms with Gasteiger partial charge in [0.05, 0.1) is 26.4 Å². The fourth-order valence-electron chi connectivity index (χ4n) is 11.1. The lowest BCUT2D eigenvalue weighted by Gasteiger charge is -2.21. The Labute approximate surface area is 562 Å². The third-order valence-electron chi connectivity index (χ3n) is 17.0. The molecule has 0 rings (SSSR count). The van der Waals surface area contributed by atoms with Gasteiger partial charge in [-0.25, -0.2) is 9.13 Å². The number of aliphatic hydroxyl groups excluding tert-OH is 1. The van der Waals surface area contributed by atoms with Crippen molar-refractivity contribution in [3.8, 4) is 0 Å². The van der Waals surface area contributed by atoms with E-state index in [1.54, 1.807) is 0 Å². The molecule has 0 radical (unpaired) electrons. The van der Waals surface area contributed by atoms with Gasteiger partial charge in [-0.15, -0.1) is 0 Å². The molecule has 0 amide bonds. The number of hydrogen-bond acceptors (Lipinski definition) is 15. The van der Waals surface area contributed by atoms with E-state index in [9.17, 15) is 43.2 Å². The van der Waals surface area contributed by atoms with Crippen molar-refractivity contribution in [3.63, 3.8) is 0 Å². The van der Waals surface area contributed by atoms with Gasteiger partial charge in [0, 0.05) is 25.7 Å². The Bertz CT molecular complexity index is 1790. The standard InChI is InChI=1S/C73H142O17P2/c1-7-9-11-13-14-15-26-34-39-45-51-57-72(77)89-68(61-83-70(75)55-49-41-12-10-8-2)63-87-91(79,80)85-59-67(74)60-86-92(81,82)88-64-69(62-84-71(76)56-50-44-38-33-29-24-21-20-23-28-32-37-43-48-54-66(5)6)90-73(78)58-52-46-40-35-30-25-19-17-16-18-22-27-31-36-42-47-53-65(3)4/h65-69,74H,7-64H2,1-6H3,(H,79,80)(H,81,82)/t67-,68+,69+/m0/s1. The van der Waals surface area contributed by atoms with Gasteiger partial charge in [0.1, 0.15) is 19.3 Å². The quantitative estimate of drug-likeness (QED) is 0.0222. The Balaban J connectivity index is 5.14. The van der Waals surface area contributed by atoms with Crippen LogP contribution in [0.3, 0.4) is 0 Å². The first-order valence-corrected chi connectivity index (χ1v) is 41.0. The molecule has 0 saturated heterocycles. The average molecular weight is 1350 g/mol. The summed E-state index contributed by atoms with van der Waals surface area (Å²) in [6.45, 7) is 9.54. The van der Waals surface area contributed by atoms with Crippen molar-refractivity contribution in [2.45, 2.75) is 394 Å². The first kappa shape index (κ1) is 90.1. The predicted octanol–water partition coefficient (Wildman–Crippen LogP) is 21.2. The molecule has 0 fully saturated rings. The SMILES string of the molecule is CCCCCCCCCCCCCC(=O)O[C@H](COC(=O)CCCCCCC)COP(=O)(O)OC[C@H](O)COP(=O)(O)OC[C@@H](COC(=O)CCCCCCCCCCCCCCCCC(C)C)OC(=O)CCCCCCCCCCCCCCCCCCC(C)C. The Kier molecular flexibility index (Phi) is 63.7. The van der Waals surface area contributed by atoms with Gasteiger partial charge in [-0.05, 0) is 37.5 Å². The summed E-state index contributed by atoms with van der Waals surface area (Å²) in [7, 11) is -9.89. The highest BCUT2D eigenvalue weighted by molar-refractivity contribution is 7.47. The van der Waals surface area contributed by atoms with Crippen LogP contribution < -0.4 is 0 Å². The number of ether oxygens (including phenoxy) is 4. The fraction of sp³-hybridized carbons (Fsp3) is 0.945. The number of aliphatic hydroxyl groups is 1. The molecule has 546 valence electrons. The van der Waals surface area contributed by atoms with Crippen molar-refractivity contribution in [1.29, 1.82) is 0 Å². The topological polar surface area (TPSA) is 237 Å². The molecular formula is C73H142O17P2. The smallest absolute Gasteiger partial charge is 0.462 e. The maximum atomic E-state index is 13.1. The highest BCUT2D eigenvalue weighted by Crippen LogP contribution is 2.45. The van der Waals surface area contributed by atoms with Crippen molar-refractivity contribution >= 4 is 39.5 Å². The number of rotatable bonds is 72. The largest absolute Gasteiger partial charge is 0.472 e. The third kappa shape index (κ3) is 66.7. The first-order chi connectivity index (χ1) is 44.4. The van der Waals surface area contributed by atoms with Crippen molar-refractivity contribution in [3.05, 3.63) is 0 Å². The summed E-state index contributed by atoms with van der Waals surface area (Å²) in [6, 6.07) is 0. The maximum Gasteiger partial charge on any atom is 0.472 e. The summed E-state index contributed by atoms with van der Waals surface area (Å²) in [5.41, 5.74) is 0. The zero-order chi connectivity index (χ0) is 67.9. The third-order valence-corrected chi connectivity index (χ3v) is 18.9. The molecule has 3 N–H and O–H groups in total. The fourth-order valence-corrected chi connectivity index (χ4v) is 12.7. The van der Waals surface area contributed by atoms with Gasteiger partial charge < -0.3 is 33.8 Å². The molecule has 2 unspecified atom stereocenters. The lowest BCUT2D eigenvalue weighted by molar-refractivity contribution is -0.161. The van der Waals surface area contributed by atoms with Crippen LogP contribution in [0.2, 0.25) is 0 Å². The van der Waals surface area contributed by atoms with Crippen molar-refractivity contribution in [2.75, 3.05) is 39.6 Å². The Morgan fingerprint density at radius 2 is 0.500 bits per heavy atom. The van der Waals surface area contributed by atoms with Crippen molar-refractivity contribution in [2.24, 2.45) is 11.8 Å². The van der Waals surface area contributed by atoms with E-state index in [4.69, 9.17) is 37.0 Å². The highest BCUT2D eigenvalue weighted by Gasteiger charge is 2.30. The van der Waals surface area contributed by atoms with E-state index in [2.05, 4.69) is 41.5 Å². The monoisotopic (exact) mass is 1350 g/mol. The van der Waals surface area contributed by atoms with E-state index >= 15 is 0 Å². The molecule has 19 heteroatoms. The molecule has 0 aromatic rings. The number of carbonyl (C=O) groups excluding carboxylic acids is 4. The van der Waals surface area contributed by atoms with Gasteiger partial charge in [-0.1, -0.05) is 324 Å². The molecule has 0 aromatic heterocycles. The van der Waals surface area contributed by atoms with Crippen LogP contribution in [-0.4, -0.2) is 96.7 Å². The van der Waals surface area contributed by atoms with Crippen LogP contribution in [0, 0.1) is 11.8 Å². The van der Waals surface area contributed by atoms with Crippen LogP contribution in [-0.2, 0) is 65.4 Å². The molecule has 17 nitrogen and oxygen atoms in total. The molecular weight excluding hydrogens is 1210 g/mol. The Morgan fingerprint density at radius 3 is 0.739 bits per heavy atom. The summed E-state index contributed by atoms with van der Waals surface area (Å²) in [6.07, 6.45) is 51.7. The zero-order valence-corrected chi connectivity index (χ0v) is 61.6.